The molecule has 4 nitrogen and oxygen atoms in total. The molecule has 28 heavy (non-hydrogen) atoms. The monoisotopic (exact) mass is 393 g/mol. The Morgan fingerprint density at radius 1 is 1.07 bits per heavy atom. The van der Waals surface area contributed by atoms with Crippen molar-refractivity contribution in [2.24, 2.45) is 9.98 Å². The fraction of sp³-hybridized carbons (Fsp3) is 0.174. The molecule has 0 saturated heterocycles. The predicted octanol–water partition coefficient (Wildman–Crippen LogP) is 6.33. The van der Waals surface area contributed by atoms with Gasteiger partial charge in [-0.1, -0.05) is 29.8 Å². The normalized spacial score (nSPS) is 13.1. The van der Waals surface area contributed by atoms with Gasteiger partial charge in [-0.2, -0.15) is 0 Å². The molecular weight excluding hydrogens is 370 g/mol. The average molecular weight is 394 g/mol. The maximum absolute atomic E-state index is 11.0. The summed E-state index contributed by atoms with van der Waals surface area (Å²) in [5, 5.41) is 3.99. The van der Waals surface area contributed by atoms with Gasteiger partial charge in [0.25, 0.3) is 0 Å². The van der Waals surface area contributed by atoms with Crippen LogP contribution in [0.4, 0.5) is 5.69 Å². The minimum absolute atomic E-state index is 0.636. The molecule has 0 aliphatic carbocycles. The second kappa shape index (κ2) is 10.4. The third-order valence-corrected chi connectivity index (χ3v) is 4.36. The number of carbonyl (C=O) groups excluding carboxylic acids is 1. The van der Waals surface area contributed by atoms with Crippen molar-refractivity contribution in [3.05, 3.63) is 82.7 Å². The van der Waals surface area contributed by atoms with Crippen molar-refractivity contribution in [2.75, 3.05) is 5.32 Å². The highest BCUT2D eigenvalue weighted by atomic mass is 35.5. The van der Waals surface area contributed by atoms with Gasteiger partial charge in [0, 0.05) is 28.7 Å². The summed E-state index contributed by atoms with van der Waals surface area (Å²) < 4.78 is 0. The molecule has 2 aromatic carbocycles. The second-order valence-corrected chi connectivity index (χ2v) is 6.74. The van der Waals surface area contributed by atoms with Gasteiger partial charge < -0.3 is 5.32 Å². The number of benzene rings is 2. The van der Waals surface area contributed by atoms with Crippen LogP contribution in [-0.4, -0.2) is 17.8 Å². The molecule has 0 aliphatic rings. The summed E-state index contributed by atoms with van der Waals surface area (Å²) >= 11 is 5.94. The van der Waals surface area contributed by atoms with Crippen LogP contribution in [-0.2, 0) is 0 Å². The molecule has 0 saturated carbocycles. The van der Waals surface area contributed by atoms with Crippen molar-refractivity contribution >= 4 is 40.7 Å². The van der Waals surface area contributed by atoms with Crippen molar-refractivity contribution in [1.82, 2.24) is 0 Å². The summed E-state index contributed by atoms with van der Waals surface area (Å²) in [4.78, 5) is 20.0. The average Bonchev–Trinajstić information content (AvgIpc) is 2.69. The molecule has 0 radical (unpaired) electrons. The molecule has 2 rings (SSSR count). The van der Waals surface area contributed by atoms with Gasteiger partial charge in [0.2, 0.25) is 0 Å². The first-order valence-electron chi connectivity index (χ1n) is 8.94. The Kier molecular flexibility index (Phi) is 7.90. The molecule has 0 bridgehead atoms. The van der Waals surface area contributed by atoms with Crippen LogP contribution >= 0.6 is 11.6 Å². The Balaban J connectivity index is 2.27. The fourth-order valence-corrected chi connectivity index (χ4v) is 2.56. The zero-order valence-electron chi connectivity index (χ0n) is 16.5. The van der Waals surface area contributed by atoms with Gasteiger partial charge in [-0.15, -0.1) is 0 Å². The molecule has 144 valence electrons. The van der Waals surface area contributed by atoms with Crippen molar-refractivity contribution in [1.29, 1.82) is 0 Å². The number of halogens is 1. The number of nitrogens with one attached hydrogen (secondary N) is 1. The van der Waals surface area contributed by atoms with E-state index in [2.05, 4.69) is 15.3 Å². The third kappa shape index (κ3) is 6.03. The van der Waals surface area contributed by atoms with Crippen LogP contribution in [0.2, 0.25) is 5.02 Å². The van der Waals surface area contributed by atoms with Crippen LogP contribution in [0.5, 0.6) is 0 Å². The van der Waals surface area contributed by atoms with Crippen molar-refractivity contribution in [3.8, 4) is 0 Å². The van der Waals surface area contributed by atoms with Gasteiger partial charge in [-0.05, 0) is 74.7 Å². The van der Waals surface area contributed by atoms with E-state index in [9.17, 15) is 4.79 Å². The number of nitrogens with zero attached hydrogens (tertiary/aromatic N) is 2. The fourth-order valence-electron chi connectivity index (χ4n) is 2.43. The second-order valence-electron chi connectivity index (χ2n) is 6.31. The lowest BCUT2D eigenvalue weighted by Gasteiger charge is -2.10. The highest BCUT2D eigenvalue weighted by molar-refractivity contribution is 6.45. The third-order valence-electron chi connectivity index (χ3n) is 4.11. The molecule has 0 spiro atoms. The van der Waals surface area contributed by atoms with Gasteiger partial charge in [0.15, 0.2) is 5.84 Å². The van der Waals surface area contributed by atoms with Crippen LogP contribution in [0.1, 0.15) is 42.3 Å². The number of hydrogen-bond acceptors (Lipinski definition) is 3. The Morgan fingerprint density at radius 3 is 2.39 bits per heavy atom. The van der Waals surface area contributed by atoms with Gasteiger partial charge in [0.05, 0.1) is 5.71 Å². The number of allylic oxidation sites excluding steroid dienone is 2. The zero-order valence-corrected chi connectivity index (χ0v) is 17.3. The van der Waals surface area contributed by atoms with E-state index < -0.39 is 0 Å². The van der Waals surface area contributed by atoms with E-state index in [0.29, 0.717) is 16.4 Å². The quantitative estimate of drug-likeness (QED) is 0.354. The van der Waals surface area contributed by atoms with E-state index >= 15 is 0 Å². The molecule has 0 aliphatic heterocycles. The Morgan fingerprint density at radius 2 is 1.79 bits per heavy atom. The molecule has 2 aromatic rings. The van der Waals surface area contributed by atoms with Gasteiger partial charge in [-0.3, -0.25) is 9.79 Å². The number of amidine groups is 1. The van der Waals surface area contributed by atoms with Crippen molar-refractivity contribution in [2.45, 2.75) is 27.7 Å². The smallest absolute Gasteiger partial charge is 0.151 e. The number of anilines is 1. The standard InChI is InChI=1S/C23H24ClN3O/c1-5-12-25-23(27-22-11-8-20(15-28)16(2)13-22)18(4)26-14-17(3)19-6-9-21(24)10-7-19/h5-15H,1-4H3,(H,25,27)/b12-5-,17-14+,26-18+. The van der Waals surface area contributed by atoms with E-state index in [4.69, 9.17) is 11.6 Å². The lowest BCUT2D eigenvalue weighted by molar-refractivity contribution is 0.112. The zero-order chi connectivity index (χ0) is 20.5. The van der Waals surface area contributed by atoms with E-state index in [1.807, 2.05) is 76.4 Å². The molecular formula is C23H24ClN3O. The number of aliphatic imine (C=N–C) groups is 2. The number of hydrogen-bond donors (Lipinski definition) is 1. The molecule has 0 unspecified atom stereocenters. The molecule has 5 heteroatoms. The van der Waals surface area contributed by atoms with E-state index in [0.717, 1.165) is 34.4 Å². The maximum atomic E-state index is 11.0. The summed E-state index contributed by atoms with van der Waals surface area (Å²) in [6.07, 6.45) is 6.23. The topological polar surface area (TPSA) is 53.8 Å². The number of rotatable bonds is 6. The summed E-state index contributed by atoms with van der Waals surface area (Å²) in [5.74, 6) is 0.636. The first kappa shape index (κ1) is 21.3. The predicted molar refractivity (Wildman–Crippen MR) is 121 cm³/mol. The first-order chi connectivity index (χ1) is 13.4. The highest BCUT2D eigenvalue weighted by Crippen LogP contribution is 2.17. The van der Waals surface area contributed by atoms with Gasteiger partial charge >= 0.3 is 0 Å². The Labute approximate surface area is 171 Å². The SMILES string of the molecule is C\C=C/N=C(Nc1ccc(C=O)c(C)c1)\C(C)=N\C=C(/C)c1ccc(Cl)cc1. The molecule has 0 fully saturated rings. The first-order valence-corrected chi connectivity index (χ1v) is 9.31. The van der Waals surface area contributed by atoms with E-state index in [-0.39, 0.29) is 0 Å². The maximum Gasteiger partial charge on any atom is 0.151 e. The van der Waals surface area contributed by atoms with Crippen molar-refractivity contribution in [3.63, 3.8) is 0 Å². The summed E-state index contributed by atoms with van der Waals surface area (Å²) in [5.41, 5.74) is 5.24. The summed E-state index contributed by atoms with van der Waals surface area (Å²) in [6.45, 7) is 7.70. The van der Waals surface area contributed by atoms with Crippen LogP contribution in [0.15, 0.2) is 70.9 Å². The van der Waals surface area contributed by atoms with Crippen molar-refractivity contribution < 1.29 is 4.79 Å². The molecule has 0 atom stereocenters. The lowest BCUT2D eigenvalue weighted by atomic mass is 10.1. The van der Waals surface area contributed by atoms with Gasteiger partial charge in [-0.25, -0.2) is 4.99 Å². The van der Waals surface area contributed by atoms with Crippen LogP contribution in [0.25, 0.3) is 5.57 Å². The van der Waals surface area contributed by atoms with Crippen LogP contribution < -0.4 is 5.32 Å². The van der Waals surface area contributed by atoms with Crippen LogP contribution in [0, 0.1) is 6.92 Å². The summed E-state index contributed by atoms with van der Waals surface area (Å²) in [7, 11) is 0. The molecule has 0 amide bonds. The molecule has 0 heterocycles. The number of aldehydes is 1. The lowest BCUT2D eigenvalue weighted by Crippen LogP contribution is -2.20. The minimum atomic E-state index is 0.636. The summed E-state index contributed by atoms with van der Waals surface area (Å²) in [6, 6.07) is 13.2. The molecule has 0 aromatic heterocycles. The largest absolute Gasteiger partial charge is 0.339 e. The Hall–Kier alpha value is -2.98. The van der Waals surface area contributed by atoms with E-state index in [1.165, 1.54) is 0 Å². The number of carbonyl (C=O) groups is 1. The Bertz CT molecular complexity index is 954. The number of aryl methyl sites for hydroxylation is 1. The molecule has 1 N–H and O–H groups in total. The van der Waals surface area contributed by atoms with E-state index in [1.54, 1.807) is 12.3 Å². The van der Waals surface area contributed by atoms with Gasteiger partial charge in [0.1, 0.15) is 6.29 Å². The highest BCUT2D eigenvalue weighted by Gasteiger charge is 2.06. The minimum Gasteiger partial charge on any atom is -0.339 e. The van der Waals surface area contributed by atoms with Crippen LogP contribution in [0.3, 0.4) is 0 Å².